The highest BCUT2D eigenvalue weighted by Crippen LogP contribution is 2.57. The fourth-order valence-corrected chi connectivity index (χ4v) is 7.12. The van der Waals surface area contributed by atoms with E-state index in [0.717, 1.165) is 12.3 Å². The van der Waals surface area contributed by atoms with E-state index >= 15 is 0 Å². The first-order chi connectivity index (χ1) is 13.9. The average molecular weight is 435 g/mol. The predicted octanol–water partition coefficient (Wildman–Crippen LogP) is 7.29. The molecule has 3 nitrogen and oxygen atoms in total. The molecule has 2 fully saturated rings. The molecule has 0 heterocycles. The Morgan fingerprint density at radius 1 is 1.17 bits per heavy atom. The van der Waals surface area contributed by atoms with Gasteiger partial charge in [-0.1, -0.05) is 65.7 Å². The van der Waals surface area contributed by atoms with Crippen LogP contribution < -0.4 is 0 Å². The minimum Gasteiger partial charge on any atom is -0.466 e. The van der Waals surface area contributed by atoms with Gasteiger partial charge in [-0.15, -0.1) is 0 Å². The van der Waals surface area contributed by atoms with Crippen molar-refractivity contribution in [2.75, 3.05) is 7.11 Å². The summed E-state index contributed by atoms with van der Waals surface area (Å²) < 4.78 is 11.7. The first-order valence-corrected chi connectivity index (χ1v) is 14.9. The summed E-state index contributed by atoms with van der Waals surface area (Å²) in [7, 11) is -0.342. The van der Waals surface area contributed by atoms with E-state index in [1.54, 1.807) is 6.08 Å². The number of carbonyl (C=O) groups is 1. The van der Waals surface area contributed by atoms with Gasteiger partial charge in [0.1, 0.15) is 0 Å². The smallest absolute Gasteiger partial charge is 0.330 e. The van der Waals surface area contributed by atoms with Crippen LogP contribution in [0.3, 0.4) is 0 Å². The highest BCUT2D eigenvalue weighted by molar-refractivity contribution is 6.74. The molecule has 0 N–H and O–H groups in total. The molecule has 0 bridgehead atoms. The summed E-state index contributed by atoms with van der Waals surface area (Å²) >= 11 is 0. The van der Waals surface area contributed by atoms with Gasteiger partial charge in [-0.3, -0.25) is 0 Å². The van der Waals surface area contributed by atoms with Crippen LogP contribution >= 0.6 is 0 Å². The maximum absolute atomic E-state index is 11.2. The van der Waals surface area contributed by atoms with Gasteiger partial charge in [0.15, 0.2) is 8.32 Å². The predicted molar refractivity (Wildman–Crippen MR) is 129 cm³/mol. The van der Waals surface area contributed by atoms with E-state index in [1.165, 1.54) is 51.7 Å². The Kier molecular flexibility index (Phi) is 8.60. The number of methoxy groups -OCH3 is 1. The van der Waals surface area contributed by atoms with Gasteiger partial charge in [0, 0.05) is 12.2 Å². The maximum atomic E-state index is 11.2. The van der Waals surface area contributed by atoms with Crippen LogP contribution in [0.5, 0.6) is 0 Å². The summed E-state index contributed by atoms with van der Waals surface area (Å²) in [5, 5.41) is 0.269. The molecule has 2 saturated carbocycles. The molecule has 0 aromatic rings. The van der Waals surface area contributed by atoms with E-state index < -0.39 is 8.32 Å². The third-order valence-electron chi connectivity index (χ3n) is 8.50. The zero-order chi connectivity index (χ0) is 22.6. The zero-order valence-corrected chi connectivity index (χ0v) is 21.8. The number of hydrogen-bond acceptors (Lipinski definition) is 3. The van der Waals surface area contributed by atoms with Crippen LogP contribution in [0.15, 0.2) is 24.3 Å². The van der Waals surface area contributed by atoms with Crippen LogP contribution in [0.2, 0.25) is 18.1 Å². The van der Waals surface area contributed by atoms with Crippen LogP contribution in [-0.2, 0) is 14.0 Å². The van der Waals surface area contributed by atoms with E-state index in [-0.39, 0.29) is 11.0 Å². The highest BCUT2D eigenvalue weighted by atomic mass is 28.4. The maximum Gasteiger partial charge on any atom is 0.330 e. The Hall–Kier alpha value is -0.873. The van der Waals surface area contributed by atoms with Crippen LogP contribution in [-0.4, -0.2) is 27.5 Å². The second-order valence-electron chi connectivity index (χ2n) is 11.5. The van der Waals surface area contributed by atoms with Gasteiger partial charge in [-0.2, -0.15) is 0 Å². The zero-order valence-electron chi connectivity index (χ0n) is 20.8. The van der Waals surface area contributed by atoms with Gasteiger partial charge < -0.3 is 9.16 Å². The highest BCUT2D eigenvalue weighted by Gasteiger charge is 2.52. The van der Waals surface area contributed by atoms with Gasteiger partial charge in [0.25, 0.3) is 0 Å². The molecule has 2 rings (SSSR count). The van der Waals surface area contributed by atoms with Crippen LogP contribution in [0.1, 0.15) is 79.6 Å². The lowest BCUT2D eigenvalue weighted by molar-refractivity contribution is -0.134. The molecular formula is C26H46O3Si. The number of fused-ring (bicyclic) bond motifs is 1. The molecule has 0 unspecified atom stereocenters. The Morgan fingerprint density at radius 3 is 2.50 bits per heavy atom. The first kappa shape index (κ1) is 25.4. The largest absolute Gasteiger partial charge is 0.466 e. The van der Waals surface area contributed by atoms with Crippen LogP contribution in [0.25, 0.3) is 0 Å². The fourth-order valence-electron chi connectivity index (χ4n) is 5.73. The molecule has 30 heavy (non-hydrogen) atoms. The summed E-state index contributed by atoms with van der Waals surface area (Å²) in [6, 6.07) is 0. The topological polar surface area (TPSA) is 35.5 Å². The second kappa shape index (κ2) is 10.2. The van der Waals surface area contributed by atoms with Crippen molar-refractivity contribution in [3.8, 4) is 0 Å². The van der Waals surface area contributed by atoms with E-state index in [0.29, 0.717) is 23.4 Å². The summed E-state index contributed by atoms with van der Waals surface area (Å²) in [5.74, 6) is 1.79. The standard InChI is InChI=1S/C26H46O3Si/c1-20(14-10-9-11-18-24(27)28-6)21-15-12-16-22-23(17-13-19-26(21,22)5)29-30(7,8)25(2,3)4/h9-11,18,20-23H,12-17,19H2,1-8H3/t20-,21-,22+,23+,26-/m1/s1. The molecule has 0 aliphatic heterocycles. The van der Waals surface area contributed by atoms with Crippen molar-refractivity contribution >= 4 is 14.3 Å². The Bertz CT molecular complexity index is 631. The van der Waals surface area contributed by atoms with Gasteiger partial charge in [0.2, 0.25) is 0 Å². The first-order valence-electron chi connectivity index (χ1n) is 12.0. The molecule has 0 aromatic heterocycles. The summed E-state index contributed by atoms with van der Waals surface area (Å²) in [6.45, 7) is 16.9. The van der Waals surface area contributed by atoms with E-state index in [4.69, 9.17) is 4.43 Å². The fraction of sp³-hybridized carbons (Fsp3) is 0.808. The number of allylic oxidation sites excluding steroid dienone is 3. The third kappa shape index (κ3) is 5.88. The van der Waals surface area contributed by atoms with Gasteiger partial charge >= 0.3 is 5.97 Å². The van der Waals surface area contributed by atoms with Gasteiger partial charge in [0.05, 0.1) is 7.11 Å². The Morgan fingerprint density at radius 2 is 1.87 bits per heavy atom. The Labute approximate surface area is 186 Å². The molecule has 0 amide bonds. The number of hydrogen-bond donors (Lipinski definition) is 0. The monoisotopic (exact) mass is 434 g/mol. The molecule has 172 valence electrons. The lowest BCUT2D eigenvalue weighted by Crippen LogP contribution is -2.54. The van der Waals surface area contributed by atoms with Gasteiger partial charge in [-0.25, -0.2) is 4.79 Å². The molecule has 2 aliphatic rings. The van der Waals surface area contributed by atoms with Crippen LogP contribution in [0.4, 0.5) is 0 Å². The molecule has 0 radical (unpaired) electrons. The summed E-state index contributed by atoms with van der Waals surface area (Å²) in [4.78, 5) is 11.2. The van der Waals surface area contributed by atoms with Crippen molar-refractivity contribution in [1.82, 2.24) is 0 Å². The van der Waals surface area contributed by atoms with Crippen molar-refractivity contribution in [3.63, 3.8) is 0 Å². The second-order valence-corrected chi connectivity index (χ2v) is 16.2. The van der Waals surface area contributed by atoms with Crippen molar-refractivity contribution in [2.24, 2.45) is 23.2 Å². The van der Waals surface area contributed by atoms with E-state index in [9.17, 15) is 4.79 Å². The van der Waals surface area contributed by atoms with Crippen molar-refractivity contribution in [3.05, 3.63) is 24.3 Å². The Balaban J connectivity index is 2.08. The van der Waals surface area contributed by atoms with Crippen molar-refractivity contribution in [1.29, 1.82) is 0 Å². The average Bonchev–Trinajstić information content (AvgIpc) is 2.65. The number of esters is 1. The summed E-state index contributed by atoms with van der Waals surface area (Å²) in [6.07, 6.45) is 16.8. The molecule has 2 aliphatic carbocycles. The SMILES string of the molecule is COC(=O)C=CC=CC[C@@H](C)[C@H]1CCC[C@H]2[C@@H](O[Si](C)(C)C(C)(C)C)CCC[C@]12C. The number of ether oxygens (including phenoxy) is 1. The van der Waals surface area contributed by atoms with E-state index in [2.05, 4.69) is 58.5 Å². The van der Waals surface area contributed by atoms with Crippen molar-refractivity contribution < 1.29 is 14.0 Å². The number of carbonyl (C=O) groups excluding carboxylic acids is 1. The molecule has 0 aromatic carbocycles. The quantitative estimate of drug-likeness (QED) is 0.182. The molecular weight excluding hydrogens is 388 g/mol. The molecule has 0 spiro atoms. The molecule has 5 atom stereocenters. The number of rotatable bonds is 7. The molecule has 4 heteroatoms. The lowest BCUT2D eigenvalue weighted by atomic mass is 9.52. The van der Waals surface area contributed by atoms with Gasteiger partial charge in [-0.05, 0) is 73.4 Å². The minimum atomic E-state index is -1.75. The van der Waals surface area contributed by atoms with Crippen LogP contribution in [0, 0.1) is 23.2 Å². The minimum absolute atomic E-state index is 0.269. The van der Waals surface area contributed by atoms with E-state index in [1.807, 2.05) is 6.08 Å². The lowest BCUT2D eigenvalue weighted by Gasteiger charge is -2.56. The summed E-state index contributed by atoms with van der Waals surface area (Å²) in [5.41, 5.74) is 0.388. The molecule has 0 saturated heterocycles. The normalized spacial score (nSPS) is 31.7. The van der Waals surface area contributed by atoms with Crippen molar-refractivity contribution in [2.45, 2.75) is 104 Å². The third-order valence-corrected chi connectivity index (χ3v) is 13.0.